The lowest BCUT2D eigenvalue weighted by Crippen LogP contribution is -2.54. The Balaban J connectivity index is 2.12. The largest absolute Gasteiger partial charge is 0.459 e. The maximum Gasteiger partial charge on any atom is 0.411 e. The van der Waals surface area contributed by atoms with Crippen molar-refractivity contribution in [3.63, 3.8) is 0 Å². The number of rotatable bonds is 7. The fourth-order valence-electron chi connectivity index (χ4n) is 3.18. The van der Waals surface area contributed by atoms with Gasteiger partial charge in [0.15, 0.2) is 5.78 Å². The highest BCUT2D eigenvalue weighted by Gasteiger charge is 2.43. The molecule has 2 rings (SSSR count). The molecule has 1 saturated heterocycles. The zero-order valence-corrected chi connectivity index (χ0v) is 18.4. The number of nitrogens with zero attached hydrogens (tertiary/aromatic N) is 1. The normalized spacial score (nSPS) is 16.3. The van der Waals surface area contributed by atoms with Gasteiger partial charge in [0.05, 0.1) is 26.5 Å². The summed E-state index contributed by atoms with van der Waals surface area (Å²) in [6.45, 7) is 2.98. The number of ether oxygens (including phenoxy) is 3. The average Bonchev–Trinajstić information content (AvgIpc) is 3.17. The number of methoxy groups -OCH3 is 2. The van der Waals surface area contributed by atoms with Crippen molar-refractivity contribution in [2.75, 3.05) is 26.1 Å². The molecule has 32 heavy (non-hydrogen) atoms. The number of hydrogen-bond acceptors (Lipinski definition) is 8. The van der Waals surface area contributed by atoms with Crippen molar-refractivity contribution >= 4 is 35.5 Å². The molecular weight excluding hydrogens is 422 g/mol. The minimum atomic E-state index is -1.11. The molecule has 0 bridgehead atoms. The minimum Gasteiger partial charge on any atom is -0.459 e. The molecule has 174 valence electrons. The van der Waals surface area contributed by atoms with Crippen LogP contribution in [0.25, 0.3) is 0 Å². The van der Waals surface area contributed by atoms with E-state index in [0.29, 0.717) is 11.3 Å². The summed E-state index contributed by atoms with van der Waals surface area (Å²) in [5.41, 5.74) is 0.894. The Bertz CT molecular complexity index is 886. The van der Waals surface area contributed by atoms with E-state index >= 15 is 0 Å². The van der Waals surface area contributed by atoms with Crippen molar-refractivity contribution in [1.82, 2.24) is 10.2 Å². The number of benzene rings is 1. The molecule has 1 aliphatic rings. The molecule has 11 nitrogen and oxygen atoms in total. The van der Waals surface area contributed by atoms with Gasteiger partial charge in [-0.25, -0.2) is 14.4 Å². The van der Waals surface area contributed by atoms with Gasteiger partial charge in [-0.2, -0.15) is 0 Å². The molecule has 1 fully saturated rings. The first-order valence-electron chi connectivity index (χ1n) is 9.94. The fourth-order valence-corrected chi connectivity index (χ4v) is 3.18. The van der Waals surface area contributed by atoms with Crippen molar-refractivity contribution in [3.05, 3.63) is 29.8 Å². The van der Waals surface area contributed by atoms with Crippen LogP contribution >= 0.6 is 0 Å². The number of ketones is 1. The number of Topliss-reactive ketones (excluding diaryl/α,β-unsaturated/α-hetero) is 1. The predicted octanol–water partition coefficient (Wildman–Crippen LogP) is 1.46. The second-order valence-corrected chi connectivity index (χ2v) is 7.46. The summed E-state index contributed by atoms with van der Waals surface area (Å²) < 4.78 is 14.5. The second kappa shape index (κ2) is 11.1. The van der Waals surface area contributed by atoms with E-state index in [9.17, 15) is 24.0 Å². The Morgan fingerprint density at radius 1 is 1.09 bits per heavy atom. The van der Waals surface area contributed by atoms with E-state index in [-0.39, 0.29) is 31.3 Å². The summed E-state index contributed by atoms with van der Waals surface area (Å²) in [6, 6.07) is 4.56. The fraction of sp³-hybridized carbons (Fsp3) is 0.476. The third-order valence-corrected chi connectivity index (χ3v) is 4.90. The van der Waals surface area contributed by atoms with E-state index in [1.165, 1.54) is 14.2 Å². The van der Waals surface area contributed by atoms with Gasteiger partial charge >= 0.3 is 18.2 Å². The number of para-hydroxylation sites is 1. The van der Waals surface area contributed by atoms with Gasteiger partial charge in [0, 0.05) is 12.0 Å². The Morgan fingerprint density at radius 2 is 1.75 bits per heavy atom. The number of hydrogen-bond donors (Lipinski definition) is 2. The van der Waals surface area contributed by atoms with Crippen molar-refractivity contribution in [1.29, 1.82) is 0 Å². The molecule has 3 amide bonds. The highest BCUT2D eigenvalue weighted by molar-refractivity contribution is 5.99. The molecule has 1 aromatic rings. The summed E-state index contributed by atoms with van der Waals surface area (Å²) in [5.74, 6) is -1.96. The predicted molar refractivity (Wildman–Crippen MR) is 112 cm³/mol. The quantitative estimate of drug-likeness (QED) is 0.471. The van der Waals surface area contributed by atoms with Crippen LogP contribution in [0.15, 0.2) is 24.3 Å². The molecule has 0 radical (unpaired) electrons. The Labute approximate surface area is 185 Å². The summed E-state index contributed by atoms with van der Waals surface area (Å²) in [7, 11) is 2.39. The number of anilines is 1. The number of nitrogens with one attached hydrogen (secondary N) is 2. The molecule has 0 aliphatic carbocycles. The number of esters is 1. The monoisotopic (exact) mass is 449 g/mol. The highest BCUT2D eigenvalue weighted by atomic mass is 16.5. The Kier molecular flexibility index (Phi) is 8.56. The van der Waals surface area contributed by atoms with E-state index in [4.69, 9.17) is 4.74 Å². The lowest BCUT2D eigenvalue weighted by Gasteiger charge is -2.29. The highest BCUT2D eigenvalue weighted by Crippen LogP contribution is 2.22. The first-order chi connectivity index (χ1) is 15.2. The third kappa shape index (κ3) is 6.19. The smallest absolute Gasteiger partial charge is 0.411 e. The van der Waals surface area contributed by atoms with Gasteiger partial charge in [0.25, 0.3) is 0 Å². The first kappa shape index (κ1) is 24.6. The third-order valence-electron chi connectivity index (χ3n) is 4.90. The van der Waals surface area contributed by atoms with E-state index in [2.05, 4.69) is 20.1 Å². The van der Waals surface area contributed by atoms with Gasteiger partial charge in [-0.1, -0.05) is 32.0 Å². The van der Waals surface area contributed by atoms with E-state index in [1.807, 2.05) is 0 Å². The van der Waals surface area contributed by atoms with Crippen molar-refractivity contribution in [2.24, 2.45) is 5.92 Å². The number of carbonyl (C=O) groups is 5. The van der Waals surface area contributed by atoms with E-state index < -0.39 is 36.1 Å². The van der Waals surface area contributed by atoms with Gasteiger partial charge < -0.3 is 24.4 Å². The van der Waals surface area contributed by atoms with Crippen LogP contribution in [0.3, 0.4) is 0 Å². The Morgan fingerprint density at radius 3 is 2.38 bits per heavy atom. The van der Waals surface area contributed by atoms with Crippen LogP contribution in [-0.2, 0) is 35.2 Å². The van der Waals surface area contributed by atoms with Crippen LogP contribution in [0.4, 0.5) is 15.3 Å². The van der Waals surface area contributed by atoms with Gasteiger partial charge in [-0.05, 0) is 12.0 Å². The first-order valence-corrected chi connectivity index (χ1v) is 9.94. The molecule has 0 saturated carbocycles. The van der Waals surface area contributed by atoms with Crippen LogP contribution in [0.2, 0.25) is 0 Å². The molecule has 0 spiro atoms. The summed E-state index contributed by atoms with van der Waals surface area (Å²) in [5, 5.41) is 4.95. The van der Waals surface area contributed by atoms with Crippen LogP contribution < -0.4 is 10.6 Å². The van der Waals surface area contributed by atoms with Crippen molar-refractivity contribution in [2.45, 2.75) is 39.0 Å². The van der Waals surface area contributed by atoms with Crippen LogP contribution in [0.5, 0.6) is 0 Å². The maximum atomic E-state index is 13.0. The number of amides is 3. The molecular formula is C21H27N3O8. The molecule has 1 heterocycles. The van der Waals surface area contributed by atoms with Gasteiger partial charge in [0.2, 0.25) is 5.91 Å². The molecule has 2 N–H and O–H groups in total. The van der Waals surface area contributed by atoms with E-state index in [1.54, 1.807) is 38.1 Å². The zero-order chi connectivity index (χ0) is 23.8. The second-order valence-electron chi connectivity index (χ2n) is 7.46. The van der Waals surface area contributed by atoms with Crippen LogP contribution in [0.1, 0.15) is 25.8 Å². The number of alkyl carbamates (subject to hydrolysis) is 1. The summed E-state index contributed by atoms with van der Waals surface area (Å²) >= 11 is 0. The topological polar surface area (TPSA) is 140 Å². The Hall–Kier alpha value is -3.63. The molecule has 2 atom stereocenters. The lowest BCUT2D eigenvalue weighted by atomic mass is 10.0. The SMILES string of the molecule is COC(=O)Nc1ccccc1COC(=O)[C@@H]1CC(=O)CN1C(=O)[C@@H](NC(=O)OC)C(C)C. The minimum absolute atomic E-state index is 0.185. The standard InChI is InChI=1S/C21H27N3O8/c1-12(2)17(23-21(29)31-4)18(26)24-10-14(25)9-16(24)19(27)32-11-13-7-5-6-8-15(13)22-20(28)30-3/h5-8,12,16-17H,9-11H2,1-4H3,(H,22,28)(H,23,29)/t16-,17-/m0/s1. The maximum absolute atomic E-state index is 13.0. The number of carbonyl (C=O) groups excluding carboxylic acids is 5. The molecule has 11 heteroatoms. The molecule has 0 unspecified atom stereocenters. The summed E-state index contributed by atoms with van der Waals surface area (Å²) in [4.78, 5) is 62.0. The molecule has 0 aromatic heterocycles. The molecule has 1 aromatic carbocycles. The lowest BCUT2D eigenvalue weighted by molar-refractivity contribution is -0.155. The van der Waals surface area contributed by atoms with Crippen molar-refractivity contribution in [3.8, 4) is 0 Å². The van der Waals surface area contributed by atoms with Crippen LogP contribution in [-0.4, -0.2) is 67.6 Å². The van der Waals surface area contributed by atoms with Crippen LogP contribution in [0, 0.1) is 5.92 Å². The van der Waals surface area contributed by atoms with Gasteiger partial charge in [0.1, 0.15) is 18.7 Å². The summed E-state index contributed by atoms with van der Waals surface area (Å²) in [6.07, 6.45) is -1.66. The zero-order valence-electron chi connectivity index (χ0n) is 18.4. The number of likely N-dealkylation sites (tertiary alicyclic amines) is 1. The molecule has 1 aliphatic heterocycles. The van der Waals surface area contributed by atoms with E-state index in [0.717, 1.165) is 4.90 Å². The average molecular weight is 449 g/mol. The van der Waals surface area contributed by atoms with Gasteiger partial charge in [-0.3, -0.25) is 14.9 Å². The van der Waals surface area contributed by atoms with Crippen molar-refractivity contribution < 1.29 is 38.2 Å². The van der Waals surface area contributed by atoms with Gasteiger partial charge in [-0.15, -0.1) is 0 Å².